The summed E-state index contributed by atoms with van der Waals surface area (Å²) in [5.74, 6) is -2.53. The van der Waals surface area contributed by atoms with Crippen LogP contribution in [0.4, 0.5) is 4.79 Å². The van der Waals surface area contributed by atoms with Crippen LogP contribution in [0.3, 0.4) is 0 Å². The van der Waals surface area contributed by atoms with E-state index in [0.29, 0.717) is 0 Å². The summed E-state index contributed by atoms with van der Waals surface area (Å²) >= 11 is 0. The number of aliphatic hydroxyl groups is 1. The first kappa shape index (κ1) is 14.9. The molecule has 9 nitrogen and oxygen atoms in total. The predicted molar refractivity (Wildman–Crippen MR) is 61.0 cm³/mol. The van der Waals surface area contributed by atoms with E-state index in [1.165, 1.54) is 6.92 Å². The molecule has 1 aliphatic heterocycles. The number of amides is 4. The van der Waals surface area contributed by atoms with E-state index in [-0.39, 0.29) is 19.5 Å². The van der Waals surface area contributed by atoms with Gasteiger partial charge in [-0.25, -0.2) is 9.59 Å². The van der Waals surface area contributed by atoms with Crippen LogP contribution in [-0.4, -0.2) is 64.2 Å². The summed E-state index contributed by atoms with van der Waals surface area (Å²) in [6.07, 6.45) is -1.73. The van der Waals surface area contributed by atoms with Gasteiger partial charge in [0.2, 0.25) is 11.8 Å². The van der Waals surface area contributed by atoms with Crippen LogP contribution >= 0.6 is 0 Å². The number of hydrogen-bond donors (Lipinski definition) is 4. The SMILES string of the molecule is CC1C(=O)NC(=O)CN1C(=O)NCCC(O)C(=O)O. The highest BCUT2D eigenvalue weighted by Gasteiger charge is 2.33. The number of urea groups is 1. The van der Waals surface area contributed by atoms with Gasteiger partial charge in [-0.2, -0.15) is 0 Å². The lowest BCUT2D eigenvalue weighted by atomic mass is 10.2. The number of nitrogens with zero attached hydrogens (tertiary/aromatic N) is 1. The molecule has 2 unspecified atom stereocenters. The van der Waals surface area contributed by atoms with Crippen LogP contribution in [0.5, 0.6) is 0 Å². The molecular weight excluding hydrogens is 258 g/mol. The van der Waals surface area contributed by atoms with E-state index in [4.69, 9.17) is 10.2 Å². The Kier molecular flexibility index (Phi) is 4.81. The Hall–Kier alpha value is -2.16. The van der Waals surface area contributed by atoms with Crippen molar-refractivity contribution < 1.29 is 29.4 Å². The molecule has 1 fully saturated rings. The lowest BCUT2D eigenvalue weighted by Crippen LogP contribution is -2.60. The van der Waals surface area contributed by atoms with Crippen LogP contribution < -0.4 is 10.6 Å². The second-order valence-electron chi connectivity index (χ2n) is 4.09. The van der Waals surface area contributed by atoms with Crippen LogP contribution in [0.1, 0.15) is 13.3 Å². The number of carboxylic acids is 1. The normalized spacial score (nSPS) is 20.7. The molecule has 0 aromatic heterocycles. The average molecular weight is 273 g/mol. The Morgan fingerprint density at radius 3 is 2.74 bits per heavy atom. The quantitative estimate of drug-likeness (QED) is 0.432. The summed E-state index contributed by atoms with van der Waals surface area (Å²) in [4.78, 5) is 45.5. The lowest BCUT2D eigenvalue weighted by Gasteiger charge is -2.31. The molecule has 4 N–H and O–H groups in total. The fourth-order valence-corrected chi connectivity index (χ4v) is 1.50. The van der Waals surface area contributed by atoms with Gasteiger partial charge in [0, 0.05) is 13.0 Å². The number of rotatable bonds is 4. The Bertz CT molecular complexity index is 410. The summed E-state index contributed by atoms with van der Waals surface area (Å²) < 4.78 is 0. The molecule has 0 radical (unpaired) electrons. The summed E-state index contributed by atoms with van der Waals surface area (Å²) in [6, 6.07) is -1.45. The monoisotopic (exact) mass is 273 g/mol. The van der Waals surface area contributed by atoms with Gasteiger partial charge >= 0.3 is 12.0 Å². The van der Waals surface area contributed by atoms with Gasteiger partial charge in [0.05, 0.1) is 0 Å². The number of imide groups is 1. The van der Waals surface area contributed by atoms with Gasteiger partial charge in [0.25, 0.3) is 0 Å². The summed E-state index contributed by atoms with van der Waals surface area (Å²) in [6.45, 7) is 1.14. The molecule has 0 aromatic carbocycles. The van der Waals surface area contributed by atoms with E-state index in [1.807, 2.05) is 0 Å². The lowest BCUT2D eigenvalue weighted by molar-refractivity contribution is -0.146. The molecule has 1 aliphatic rings. The van der Waals surface area contributed by atoms with Gasteiger partial charge in [-0.05, 0) is 6.92 Å². The molecule has 0 saturated carbocycles. The standard InChI is InChI=1S/C10H15N3O6/c1-5-8(16)12-7(15)4-13(5)10(19)11-3-2-6(14)9(17)18/h5-6,14H,2-4H2,1H3,(H,11,19)(H,17,18)(H,12,15,16). The fraction of sp³-hybridized carbons (Fsp3) is 0.600. The van der Waals surface area contributed by atoms with Crippen molar-refractivity contribution in [3.63, 3.8) is 0 Å². The summed E-state index contributed by atoms with van der Waals surface area (Å²) in [5, 5.41) is 21.9. The maximum absolute atomic E-state index is 11.7. The molecule has 2 atom stereocenters. The van der Waals surface area contributed by atoms with Crippen LogP contribution in [0.15, 0.2) is 0 Å². The molecule has 19 heavy (non-hydrogen) atoms. The minimum absolute atomic E-state index is 0.0780. The third-order valence-electron chi connectivity index (χ3n) is 2.66. The zero-order valence-corrected chi connectivity index (χ0v) is 10.3. The van der Waals surface area contributed by atoms with E-state index in [2.05, 4.69) is 10.6 Å². The number of carbonyl (C=O) groups excluding carboxylic acids is 3. The Labute approximate surface area is 108 Å². The maximum atomic E-state index is 11.7. The van der Waals surface area contributed by atoms with Crippen molar-refractivity contribution in [1.82, 2.24) is 15.5 Å². The van der Waals surface area contributed by atoms with Crippen LogP contribution in [0, 0.1) is 0 Å². The van der Waals surface area contributed by atoms with Crippen molar-refractivity contribution in [2.75, 3.05) is 13.1 Å². The Morgan fingerprint density at radius 1 is 1.53 bits per heavy atom. The van der Waals surface area contributed by atoms with E-state index in [1.54, 1.807) is 0 Å². The molecule has 0 aliphatic carbocycles. The predicted octanol–water partition coefficient (Wildman–Crippen LogP) is -2.12. The van der Waals surface area contributed by atoms with E-state index in [9.17, 15) is 19.2 Å². The Morgan fingerprint density at radius 2 is 2.16 bits per heavy atom. The van der Waals surface area contributed by atoms with E-state index in [0.717, 1.165) is 4.90 Å². The average Bonchev–Trinajstić information content (AvgIpc) is 2.33. The zero-order valence-electron chi connectivity index (χ0n) is 10.3. The molecule has 1 saturated heterocycles. The van der Waals surface area contributed by atoms with Gasteiger partial charge < -0.3 is 20.4 Å². The van der Waals surface area contributed by atoms with Crippen LogP contribution in [0.25, 0.3) is 0 Å². The zero-order chi connectivity index (χ0) is 14.6. The summed E-state index contributed by atoms with van der Waals surface area (Å²) in [5.41, 5.74) is 0. The largest absolute Gasteiger partial charge is 0.479 e. The second-order valence-corrected chi connectivity index (χ2v) is 4.09. The van der Waals surface area contributed by atoms with Gasteiger partial charge in [0.15, 0.2) is 6.10 Å². The highest BCUT2D eigenvalue weighted by atomic mass is 16.4. The molecular formula is C10H15N3O6. The van der Waals surface area contributed by atoms with Crippen molar-refractivity contribution in [3.8, 4) is 0 Å². The van der Waals surface area contributed by atoms with Gasteiger partial charge in [-0.15, -0.1) is 0 Å². The molecule has 0 spiro atoms. The highest BCUT2D eigenvalue weighted by Crippen LogP contribution is 2.04. The number of hydrogen-bond acceptors (Lipinski definition) is 5. The molecule has 4 amide bonds. The maximum Gasteiger partial charge on any atom is 0.332 e. The van der Waals surface area contributed by atoms with Crippen molar-refractivity contribution in [1.29, 1.82) is 0 Å². The minimum Gasteiger partial charge on any atom is -0.479 e. The van der Waals surface area contributed by atoms with Gasteiger partial charge in [-0.1, -0.05) is 0 Å². The molecule has 0 bridgehead atoms. The van der Waals surface area contributed by atoms with E-state index >= 15 is 0 Å². The number of carboxylic acid groups (broad SMARTS) is 1. The van der Waals surface area contributed by atoms with Crippen molar-refractivity contribution in [2.45, 2.75) is 25.5 Å². The third kappa shape index (κ3) is 3.91. The van der Waals surface area contributed by atoms with E-state index < -0.39 is 36.0 Å². The molecule has 9 heteroatoms. The molecule has 1 heterocycles. The van der Waals surface area contributed by atoms with Crippen LogP contribution in [0.2, 0.25) is 0 Å². The van der Waals surface area contributed by atoms with Crippen molar-refractivity contribution in [2.24, 2.45) is 0 Å². The highest BCUT2D eigenvalue weighted by molar-refractivity contribution is 6.03. The first-order chi connectivity index (χ1) is 8.82. The first-order valence-corrected chi connectivity index (χ1v) is 5.62. The smallest absolute Gasteiger partial charge is 0.332 e. The molecule has 1 rings (SSSR count). The topological polar surface area (TPSA) is 136 Å². The molecule has 106 valence electrons. The third-order valence-corrected chi connectivity index (χ3v) is 2.66. The molecule has 0 aromatic rings. The number of aliphatic carboxylic acids is 1. The minimum atomic E-state index is -1.57. The van der Waals surface area contributed by atoms with Crippen molar-refractivity contribution >= 4 is 23.8 Å². The number of nitrogens with one attached hydrogen (secondary N) is 2. The fourth-order valence-electron chi connectivity index (χ4n) is 1.50. The number of aliphatic hydroxyl groups excluding tert-OH is 1. The first-order valence-electron chi connectivity index (χ1n) is 5.62. The number of carbonyl (C=O) groups is 4. The Balaban J connectivity index is 2.46. The van der Waals surface area contributed by atoms with Gasteiger partial charge in [0.1, 0.15) is 12.6 Å². The number of piperazine rings is 1. The van der Waals surface area contributed by atoms with Crippen molar-refractivity contribution in [3.05, 3.63) is 0 Å². The van der Waals surface area contributed by atoms with Crippen LogP contribution in [-0.2, 0) is 14.4 Å². The second kappa shape index (κ2) is 6.14. The summed E-state index contributed by atoms with van der Waals surface area (Å²) in [7, 11) is 0. The van der Waals surface area contributed by atoms with Gasteiger partial charge in [-0.3, -0.25) is 14.9 Å².